The number of furan rings is 1. The molecule has 0 radical (unpaired) electrons. The van der Waals surface area contributed by atoms with E-state index in [9.17, 15) is 14.0 Å². The van der Waals surface area contributed by atoms with Gasteiger partial charge in [0.05, 0.1) is 6.26 Å². The summed E-state index contributed by atoms with van der Waals surface area (Å²) in [7, 11) is 0. The summed E-state index contributed by atoms with van der Waals surface area (Å²) in [6, 6.07) is 8.69. The molecule has 0 unspecified atom stereocenters. The number of carbonyl (C=O) groups excluding carboxylic acids is 2. The molecule has 1 aromatic carbocycles. The van der Waals surface area contributed by atoms with Crippen molar-refractivity contribution in [1.29, 1.82) is 0 Å². The Morgan fingerprint density at radius 1 is 1.10 bits per heavy atom. The first-order valence-electron chi connectivity index (χ1n) is 6.02. The van der Waals surface area contributed by atoms with Crippen molar-refractivity contribution in [3.8, 4) is 0 Å². The van der Waals surface area contributed by atoms with E-state index >= 15 is 0 Å². The summed E-state index contributed by atoms with van der Waals surface area (Å²) in [6.07, 6.45) is 2.04. The molecule has 1 aromatic heterocycles. The Bertz CT molecular complexity index is 579. The van der Waals surface area contributed by atoms with Crippen molar-refractivity contribution in [2.45, 2.75) is 6.42 Å². The van der Waals surface area contributed by atoms with Gasteiger partial charge in [-0.15, -0.1) is 0 Å². The molecule has 0 saturated carbocycles. The predicted molar refractivity (Wildman–Crippen MR) is 70.5 cm³/mol. The van der Waals surface area contributed by atoms with Crippen LogP contribution in [-0.4, -0.2) is 18.4 Å². The molecule has 0 aliphatic rings. The molecule has 6 heteroatoms. The fraction of sp³-hybridized carbons (Fsp3) is 0.143. The maximum absolute atomic E-state index is 12.7. The van der Waals surface area contributed by atoms with Gasteiger partial charge in [0.25, 0.3) is 0 Å². The van der Waals surface area contributed by atoms with E-state index in [2.05, 4.69) is 10.6 Å². The van der Waals surface area contributed by atoms with Crippen molar-refractivity contribution < 1.29 is 18.4 Å². The molecule has 0 atom stereocenters. The molecule has 0 spiro atoms. The Labute approximate surface area is 114 Å². The van der Waals surface area contributed by atoms with E-state index in [1.807, 2.05) is 0 Å². The van der Waals surface area contributed by atoms with Crippen LogP contribution in [0.3, 0.4) is 0 Å². The molecular weight excluding hydrogens is 263 g/mol. The fourth-order valence-corrected chi connectivity index (χ4v) is 1.56. The van der Waals surface area contributed by atoms with Crippen LogP contribution in [-0.2, 0) is 16.0 Å². The highest BCUT2D eigenvalue weighted by Gasteiger charge is 2.13. The van der Waals surface area contributed by atoms with Crippen LogP contribution in [0.5, 0.6) is 0 Å². The topological polar surface area (TPSA) is 71.3 Å². The van der Waals surface area contributed by atoms with Crippen LogP contribution in [0.15, 0.2) is 47.1 Å². The zero-order chi connectivity index (χ0) is 14.4. The normalized spacial score (nSPS) is 10.1. The van der Waals surface area contributed by atoms with Gasteiger partial charge < -0.3 is 15.1 Å². The van der Waals surface area contributed by atoms with Crippen LogP contribution in [0.1, 0.15) is 5.76 Å². The Hall–Kier alpha value is -2.63. The van der Waals surface area contributed by atoms with Crippen molar-refractivity contribution in [2.24, 2.45) is 0 Å². The lowest BCUT2D eigenvalue weighted by Gasteiger charge is -2.05. The van der Waals surface area contributed by atoms with Gasteiger partial charge in [0.15, 0.2) is 0 Å². The Morgan fingerprint density at radius 2 is 1.85 bits per heavy atom. The highest BCUT2D eigenvalue weighted by molar-refractivity contribution is 6.39. The van der Waals surface area contributed by atoms with Gasteiger partial charge in [0, 0.05) is 18.7 Å². The predicted octanol–water partition coefficient (Wildman–Crippen LogP) is 1.72. The molecule has 0 bridgehead atoms. The summed E-state index contributed by atoms with van der Waals surface area (Å²) in [5.41, 5.74) is 0.359. The Balaban J connectivity index is 1.77. The van der Waals surface area contributed by atoms with E-state index < -0.39 is 17.6 Å². The first-order chi connectivity index (χ1) is 9.65. The second kappa shape index (κ2) is 6.51. The number of benzene rings is 1. The van der Waals surface area contributed by atoms with Crippen molar-refractivity contribution in [3.63, 3.8) is 0 Å². The summed E-state index contributed by atoms with van der Waals surface area (Å²) in [5, 5.41) is 4.84. The molecule has 2 aromatic rings. The summed E-state index contributed by atoms with van der Waals surface area (Å²) < 4.78 is 17.8. The number of anilines is 1. The minimum atomic E-state index is -0.795. The second-order valence-electron chi connectivity index (χ2n) is 4.05. The van der Waals surface area contributed by atoms with Crippen molar-refractivity contribution in [1.82, 2.24) is 5.32 Å². The number of nitrogens with one attached hydrogen (secondary N) is 2. The van der Waals surface area contributed by atoms with Crippen LogP contribution >= 0.6 is 0 Å². The van der Waals surface area contributed by atoms with Crippen LogP contribution in [0.4, 0.5) is 10.1 Å². The Morgan fingerprint density at radius 3 is 2.50 bits per heavy atom. The lowest BCUT2D eigenvalue weighted by Crippen LogP contribution is -2.36. The number of rotatable bonds is 4. The van der Waals surface area contributed by atoms with Gasteiger partial charge in [-0.1, -0.05) is 0 Å². The van der Waals surface area contributed by atoms with Gasteiger partial charge in [0.1, 0.15) is 11.6 Å². The third kappa shape index (κ3) is 3.94. The standard InChI is InChI=1S/C14H13FN2O3/c15-10-3-5-11(6-4-10)17-14(19)13(18)16-8-7-12-2-1-9-20-12/h1-6,9H,7-8H2,(H,16,18)(H,17,19). The summed E-state index contributed by atoms with van der Waals surface area (Å²) in [5.74, 6) is -1.23. The summed E-state index contributed by atoms with van der Waals surface area (Å²) in [4.78, 5) is 23.1. The first kappa shape index (κ1) is 13.8. The average molecular weight is 276 g/mol. The third-order valence-corrected chi connectivity index (χ3v) is 2.55. The van der Waals surface area contributed by atoms with E-state index in [0.29, 0.717) is 18.7 Å². The molecule has 20 heavy (non-hydrogen) atoms. The van der Waals surface area contributed by atoms with Gasteiger partial charge >= 0.3 is 11.8 Å². The SMILES string of the molecule is O=C(NCCc1ccco1)C(=O)Nc1ccc(F)cc1. The monoisotopic (exact) mass is 276 g/mol. The lowest BCUT2D eigenvalue weighted by atomic mass is 10.3. The van der Waals surface area contributed by atoms with Gasteiger partial charge in [-0.2, -0.15) is 0 Å². The molecule has 2 rings (SSSR count). The van der Waals surface area contributed by atoms with Crippen molar-refractivity contribution in [2.75, 3.05) is 11.9 Å². The van der Waals surface area contributed by atoms with E-state index in [1.54, 1.807) is 18.4 Å². The number of amides is 2. The van der Waals surface area contributed by atoms with Crippen LogP contribution in [0.25, 0.3) is 0 Å². The number of hydrogen-bond acceptors (Lipinski definition) is 3. The van der Waals surface area contributed by atoms with Crippen LogP contribution < -0.4 is 10.6 Å². The smallest absolute Gasteiger partial charge is 0.313 e. The molecule has 0 aliphatic heterocycles. The maximum Gasteiger partial charge on any atom is 0.313 e. The molecule has 5 nitrogen and oxygen atoms in total. The molecule has 0 aliphatic carbocycles. The fourth-order valence-electron chi connectivity index (χ4n) is 1.56. The van der Waals surface area contributed by atoms with Gasteiger partial charge in [0.2, 0.25) is 0 Å². The highest BCUT2D eigenvalue weighted by atomic mass is 19.1. The number of halogens is 1. The molecule has 0 fully saturated rings. The van der Waals surface area contributed by atoms with E-state index in [0.717, 1.165) is 5.76 Å². The molecule has 2 N–H and O–H groups in total. The molecule has 1 heterocycles. The quantitative estimate of drug-likeness (QED) is 0.835. The van der Waals surface area contributed by atoms with Gasteiger partial charge in [-0.05, 0) is 36.4 Å². The van der Waals surface area contributed by atoms with E-state index in [1.165, 1.54) is 24.3 Å². The highest BCUT2D eigenvalue weighted by Crippen LogP contribution is 2.07. The lowest BCUT2D eigenvalue weighted by molar-refractivity contribution is -0.136. The van der Waals surface area contributed by atoms with Crippen LogP contribution in [0, 0.1) is 5.82 Å². The second-order valence-corrected chi connectivity index (χ2v) is 4.05. The van der Waals surface area contributed by atoms with E-state index in [4.69, 9.17) is 4.42 Å². The van der Waals surface area contributed by atoms with Crippen LogP contribution in [0.2, 0.25) is 0 Å². The van der Waals surface area contributed by atoms with Crippen molar-refractivity contribution in [3.05, 3.63) is 54.2 Å². The molecule has 2 amide bonds. The molecule has 0 saturated heterocycles. The number of carbonyl (C=O) groups is 2. The summed E-state index contributed by atoms with van der Waals surface area (Å²) in [6.45, 7) is 0.295. The largest absolute Gasteiger partial charge is 0.469 e. The average Bonchev–Trinajstić information content (AvgIpc) is 2.94. The minimum absolute atomic E-state index is 0.295. The summed E-state index contributed by atoms with van der Waals surface area (Å²) >= 11 is 0. The number of hydrogen-bond donors (Lipinski definition) is 2. The van der Waals surface area contributed by atoms with E-state index in [-0.39, 0.29) is 0 Å². The maximum atomic E-state index is 12.7. The van der Waals surface area contributed by atoms with Gasteiger partial charge in [-0.25, -0.2) is 4.39 Å². The molecular formula is C14H13FN2O3. The van der Waals surface area contributed by atoms with Crippen molar-refractivity contribution >= 4 is 17.5 Å². The minimum Gasteiger partial charge on any atom is -0.469 e. The zero-order valence-electron chi connectivity index (χ0n) is 10.6. The Kier molecular flexibility index (Phi) is 4.49. The first-order valence-corrected chi connectivity index (χ1v) is 6.02. The molecule has 104 valence electrons. The zero-order valence-corrected chi connectivity index (χ0v) is 10.6. The third-order valence-electron chi connectivity index (χ3n) is 2.55. The van der Waals surface area contributed by atoms with Gasteiger partial charge in [-0.3, -0.25) is 9.59 Å².